The second kappa shape index (κ2) is 7.14. The van der Waals surface area contributed by atoms with Crippen LogP contribution in [0.3, 0.4) is 0 Å². The van der Waals surface area contributed by atoms with Gasteiger partial charge in [0.25, 0.3) is 5.56 Å². The highest BCUT2D eigenvalue weighted by molar-refractivity contribution is 7.89. The van der Waals surface area contributed by atoms with Gasteiger partial charge in [0.2, 0.25) is 10.0 Å². The molecule has 0 radical (unpaired) electrons. The van der Waals surface area contributed by atoms with Gasteiger partial charge in [-0.25, -0.2) is 13.1 Å². The van der Waals surface area contributed by atoms with Crippen molar-refractivity contribution in [2.45, 2.75) is 26.1 Å². The first-order valence-corrected chi connectivity index (χ1v) is 7.99. The minimum absolute atomic E-state index is 0.0138. The lowest BCUT2D eigenvalue weighted by molar-refractivity contribution is -0.129. The molecule has 0 bridgehead atoms. The molecule has 0 saturated carbocycles. The Hall–Kier alpha value is -1.55. The first kappa shape index (κ1) is 18.5. The van der Waals surface area contributed by atoms with E-state index in [1.165, 1.54) is 17.7 Å². The van der Waals surface area contributed by atoms with Crippen LogP contribution in [0.15, 0.2) is 16.9 Å². The molecular formula is C12H17F3N2O4S. The number of aromatic nitrogens is 1. The van der Waals surface area contributed by atoms with E-state index in [0.29, 0.717) is 11.4 Å². The lowest BCUT2D eigenvalue weighted by Gasteiger charge is -2.12. The number of hydrogen-bond donors (Lipinski definition) is 1. The Morgan fingerprint density at radius 1 is 1.32 bits per heavy atom. The molecule has 1 aromatic rings. The second-order valence-corrected chi connectivity index (χ2v) is 6.53. The van der Waals surface area contributed by atoms with Crippen molar-refractivity contribution in [1.82, 2.24) is 9.29 Å². The van der Waals surface area contributed by atoms with Gasteiger partial charge < -0.3 is 9.30 Å². The lowest BCUT2D eigenvalue weighted by Crippen LogP contribution is -2.34. The number of pyridine rings is 1. The van der Waals surface area contributed by atoms with Crippen LogP contribution in [0.1, 0.15) is 12.1 Å². The summed E-state index contributed by atoms with van der Waals surface area (Å²) in [6.45, 7) is 1.48. The van der Waals surface area contributed by atoms with Crippen molar-refractivity contribution in [3.8, 4) is 5.75 Å². The van der Waals surface area contributed by atoms with E-state index in [1.54, 1.807) is 13.0 Å². The monoisotopic (exact) mass is 342 g/mol. The van der Waals surface area contributed by atoms with Crippen molar-refractivity contribution >= 4 is 10.0 Å². The van der Waals surface area contributed by atoms with Gasteiger partial charge in [-0.15, -0.1) is 0 Å². The SMILES string of the molecule is COc1cc(C)n(CCNS(=O)(=O)CCC(F)(F)F)c(=O)c1. The number of alkyl halides is 3. The third-order valence-electron chi connectivity index (χ3n) is 2.86. The Bertz CT molecular complexity index is 668. The molecule has 0 aromatic carbocycles. The zero-order chi connectivity index (χ0) is 17.0. The Morgan fingerprint density at radius 3 is 2.45 bits per heavy atom. The summed E-state index contributed by atoms with van der Waals surface area (Å²) in [5.74, 6) is -0.656. The lowest BCUT2D eigenvalue weighted by atomic mass is 10.3. The fourth-order valence-electron chi connectivity index (χ4n) is 1.74. The second-order valence-electron chi connectivity index (χ2n) is 4.60. The molecule has 22 heavy (non-hydrogen) atoms. The van der Waals surface area contributed by atoms with E-state index in [2.05, 4.69) is 0 Å². The third-order valence-corrected chi connectivity index (χ3v) is 4.24. The van der Waals surface area contributed by atoms with Crippen molar-refractivity contribution in [3.63, 3.8) is 0 Å². The van der Waals surface area contributed by atoms with E-state index in [4.69, 9.17) is 4.74 Å². The predicted octanol–water partition coefficient (Wildman–Crippen LogP) is 1.04. The van der Waals surface area contributed by atoms with Crippen molar-refractivity contribution in [3.05, 3.63) is 28.2 Å². The number of hydrogen-bond acceptors (Lipinski definition) is 4. The Morgan fingerprint density at radius 2 is 1.95 bits per heavy atom. The quantitative estimate of drug-likeness (QED) is 0.803. The zero-order valence-corrected chi connectivity index (χ0v) is 12.9. The number of rotatable bonds is 7. The number of aryl methyl sites for hydroxylation is 1. The molecule has 1 aromatic heterocycles. The van der Waals surface area contributed by atoms with Crippen molar-refractivity contribution in [2.75, 3.05) is 19.4 Å². The van der Waals surface area contributed by atoms with Gasteiger partial charge >= 0.3 is 6.18 Å². The molecule has 0 saturated heterocycles. The standard InChI is InChI=1S/C12H17F3N2O4S/c1-9-7-10(21-2)8-11(18)17(9)5-4-16-22(19,20)6-3-12(13,14)15/h7-8,16H,3-6H2,1-2H3. The molecule has 126 valence electrons. The molecule has 1 N–H and O–H groups in total. The molecular weight excluding hydrogens is 325 g/mol. The summed E-state index contributed by atoms with van der Waals surface area (Å²) in [5.41, 5.74) is 0.171. The van der Waals surface area contributed by atoms with Crippen LogP contribution in [-0.2, 0) is 16.6 Å². The Labute approximate surface area is 125 Å². The van der Waals surface area contributed by atoms with E-state index < -0.39 is 28.4 Å². The first-order chi connectivity index (χ1) is 10.0. The van der Waals surface area contributed by atoms with Crippen LogP contribution in [-0.4, -0.2) is 38.6 Å². The fraction of sp³-hybridized carbons (Fsp3) is 0.583. The Kier molecular flexibility index (Phi) is 6.00. The van der Waals surface area contributed by atoms with E-state index in [0.717, 1.165) is 0 Å². The molecule has 0 fully saturated rings. The molecule has 0 aliphatic carbocycles. The summed E-state index contributed by atoms with van der Waals surface area (Å²) >= 11 is 0. The van der Waals surface area contributed by atoms with Gasteiger partial charge in [0.1, 0.15) is 5.75 Å². The molecule has 0 amide bonds. The zero-order valence-electron chi connectivity index (χ0n) is 12.1. The number of sulfonamides is 1. The van der Waals surface area contributed by atoms with E-state index in [1.807, 2.05) is 4.72 Å². The summed E-state index contributed by atoms with van der Waals surface area (Å²) in [7, 11) is -2.62. The molecule has 0 atom stereocenters. The number of nitrogens with one attached hydrogen (secondary N) is 1. The molecule has 0 spiro atoms. The number of ether oxygens (including phenoxy) is 1. The smallest absolute Gasteiger partial charge is 0.390 e. The molecule has 0 aliphatic heterocycles. The van der Waals surface area contributed by atoms with Crippen LogP contribution in [0.25, 0.3) is 0 Å². The van der Waals surface area contributed by atoms with Gasteiger partial charge in [-0.3, -0.25) is 4.79 Å². The van der Waals surface area contributed by atoms with Crippen LogP contribution in [0.4, 0.5) is 13.2 Å². The van der Waals surface area contributed by atoms with Crippen LogP contribution >= 0.6 is 0 Å². The van der Waals surface area contributed by atoms with Crippen LogP contribution in [0.2, 0.25) is 0 Å². The van der Waals surface area contributed by atoms with Crippen molar-refractivity contribution < 1.29 is 26.3 Å². The van der Waals surface area contributed by atoms with Gasteiger partial charge in [-0.2, -0.15) is 13.2 Å². The molecule has 0 unspecified atom stereocenters. The molecule has 10 heteroatoms. The largest absolute Gasteiger partial charge is 0.496 e. The topological polar surface area (TPSA) is 77.4 Å². The van der Waals surface area contributed by atoms with Gasteiger partial charge in [0.15, 0.2) is 0 Å². The highest BCUT2D eigenvalue weighted by Crippen LogP contribution is 2.19. The maximum atomic E-state index is 12.0. The van der Waals surface area contributed by atoms with E-state index >= 15 is 0 Å². The first-order valence-electron chi connectivity index (χ1n) is 6.33. The summed E-state index contributed by atoms with van der Waals surface area (Å²) in [6, 6.07) is 2.84. The van der Waals surface area contributed by atoms with Gasteiger partial charge in [-0.1, -0.05) is 0 Å². The molecule has 1 heterocycles. The summed E-state index contributed by atoms with van der Waals surface area (Å²) in [6.07, 6.45) is -5.94. The van der Waals surface area contributed by atoms with Gasteiger partial charge in [0, 0.05) is 24.8 Å². The summed E-state index contributed by atoms with van der Waals surface area (Å²) < 4.78 is 67.1. The van der Waals surface area contributed by atoms with Crippen LogP contribution < -0.4 is 15.0 Å². The number of methoxy groups -OCH3 is 1. The molecule has 6 nitrogen and oxygen atoms in total. The minimum Gasteiger partial charge on any atom is -0.496 e. The molecule has 0 aliphatic rings. The number of nitrogens with zero attached hydrogens (tertiary/aromatic N) is 1. The van der Waals surface area contributed by atoms with Crippen molar-refractivity contribution in [1.29, 1.82) is 0 Å². The fourth-order valence-corrected chi connectivity index (χ4v) is 2.79. The normalized spacial score (nSPS) is 12.4. The van der Waals surface area contributed by atoms with Crippen LogP contribution in [0.5, 0.6) is 5.75 Å². The van der Waals surface area contributed by atoms with Crippen molar-refractivity contribution in [2.24, 2.45) is 0 Å². The maximum Gasteiger partial charge on any atom is 0.390 e. The van der Waals surface area contributed by atoms with Gasteiger partial charge in [0.05, 0.1) is 19.3 Å². The molecule has 1 rings (SSSR count). The maximum absolute atomic E-state index is 12.0. The highest BCUT2D eigenvalue weighted by Gasteiger charge is 2.29. The predicted molar refractivity (Wildman–Crippen MR) is 74.5 cm³/mol. The average molecular weight is 342 g/mol. The minimum atomic E-state index is -4.53. The number of halogens is 3. The summed E-state index contributed by atoms with van der Waals surface area (Å²) in [4.78, 5) is 11.8. The van der Waals surface area contributed by atoms with E-state index in [-0.39, 0.29) is 18.6 Å². The Balaban J connectivity index is 2.63. The third kappa shape index (κ3) is 6.06. The summed E-state index contributed by atoms with van der Waals surface area (Å²) in [5, 5.41) is 0. The average Bonchev–Trinajstić information content (AvgIpc) is 2.38. The highest BCUT2D eigenvalue weighted by atomic mass is 32.2. The van der Waals surface area contributed by atoms with Gasteiger partial charge in [-0.05, 0) is 13.0 Å². The van der Waals surface area contributed by atoms with Crippen LogP contribution in [0, 0.1) is 6.92 Å². The van der Waals surface area contributed by atoms with E-state index in [9.17, 15) is 26.4 Å².